The second kappa shape index (κ2) is 7.75. The van der Waals surface area contributed by atoms with Gasteiger partial charge in [0, 0.05) is 31.8 Å². The van der Waals surface area contributed by atoms with Crippen LogP contribution in [-0.4, -0.2) is 89.7 Å². The summed E-state index contributed by atoms with van der Waals surface area (Å²) in [6.45, 7) is 4.37. The summed E-state index contributed by atoms with van der Waals surface area (Å²) in [5.41, 5.74) is 0.687. The summed E-state index contributed by atoms with van der Waals surface area (Å²) in [4.78, 5) is 43.7. The molecule has 0 aromatic rings. The van der Waals surface area contributed by atoms with E-state index in [9.17, 15) is 14.4 Å². The fraction of sp³-hybridized carbons (Fsp3) is 0.722. The number of carbonyl (C=O) groups excluding carboxylic acids is 3. The van der Waals surface area contributed by atoms with Gasteiger partial charge in [-0.3, -0.25) is 14.4 Å². The maximum Gasteiger partial charge on any atom is 0.309 e. The standard InChI is InChI=1S/C18H27N5O4/c24-16-2-1-8-21(16)9-5-17(25)27-13-20-10-15-18(26)23(12-22(15)11-20)14-3-6-19-7-4-14/h10,14,19H,1-9,11-13H2. The first kappa shape index (κ1) is 18.1. The monoisotopic (exact) mass is 377 g/mol. The number of hydrogen-bond donors (Lipinski definition) is 1. The minimum absolute atomic E-state index is 0.0725. The van der Waals surface area contributed by atoms with Gasteiger partial charge < -0.3 is 29.7 Å². The minimum Gasteiger partial charge on any atom is -0.444 e. The lowest BCUT2D eigenvalue weighted by atomic mass is 10.1. The molecule has 4 rings (SSSR count). The van der Waals surface area contributed by atoms with Crippen LogP contribution in [0, 0.1) is 0 Å². The lowest BCUT2D eigenvalue weighted by Crippen LogP contribution is -2.45. The second-order valence-electron chi connectivity index (χ2n) is 7.56. The van der Waals surface area contributed by atoms with Gasteiger partial charge in [0.05, 0.1) is 19.8 Å². The van der Waals surface area contributed by atoms with E-state index in [0.717, 1.165) is 38.9 Å². The van der Waals surface area contributed by atoms with Gasteiger partial charge in [-0.15, -0.1) is 0 Å². The molecule has 0 atom stereocenters. The number of fused-ring (bicyclic) bond motifs is 1. The number of rotatable bonds is 6. The lowest BCUT2D eigenvalue weighted by Gasteiger charge is -2.31. The quantitative estimate of drug-likeness (QED) is 0.623. The predicted octanol–water partition coefficient (Wildman–Crippen LogP) is -0.532. The van der Waals surface area contributed by atoms with Crippen LogP contribution in [0.2, 0.25) is 0 Å². The molecule has 4 heterocycles. The number of amides is 2. The van der Waals surface area contributed by atoms with Crippen molar-refractivity contribution in [3.63, 3.8) is 0 Å². The molecular weight excluding hydrogens is 350 g/mol. The van der Waals surface area contributed by atoms with Gasteiger partial charge >= 0.3 is 5.97 Å². The van der Waals surface area contributed by atoms with E-state index in [1.165, 1.54) is 0 Å². The molecule has 148 valence electrons. The molecule has 0 aromatic carbocycles. The van der Waals surface area contributed by atoms with E-state index in [4.69, 9.17) is 4.74 Å². The number of piperidine rings is 1. The highest BCUT2D eigenvalue weighted by Gasteiger charge is 2.40. The Bertz CT molecular complexity index is 646. The van der Waals surface area contributed by atoms with Crippen molar-refractivity contribution in [3.8, 4) is 0 Å². The van der Waals surface area contributed by atoms with Crippen LogP contribution in [0.3, 0.4) is 0 Å². The molecule has 4 aliphatic rings. The Kier molecular flexibility index (Phi) is 5.20. The molecule has 3 saturated heterocycles. The normalized spacial score (nSPS) is 23.3. The fourth-order valence-electron chi connectivity index (χ4n) is 4.17. The molecular formula is C18H27N5O4. The van der Waals surface area contributed by atoms with Gasteiger partial charge in [-0.25, -0.2) is 0 Å². The zero-order chi connectivity index (χ0) is 18.8. The van der Waals surface area contributed by atoms with Crippen molar-refractivity contribution in [3.05, 3.63) is 11.9 Å². The number of nitrogens with zero attached hydrogens (tertiary/aromatic N) is 4. The van der Waals surface area contributed by atoms with Crippen LogP contribution in [0.25, 0.3) is 0 Å². The van der Waals surface area contributed by atoms with Crippen molar-refractivity contribution < 1.29 is 19.1 Å². The summed E-state index contributed by atoms with van der Waals surface area (Å²) < 4.78 is 5.31. The summed E-state index contributed by atoms with van der Waals surface area (Å²) in [6, 6.07) is 0.310. The summed E-state index contributed by atoms with van der Waals surface area (Å²) in [5, 5.41) is 3.32. The van der Waals surface area contributed by atoms with Crippen LogP contribution in [0.1, 0.15) is 32.1 Å². The smallest absolute Gasteiger partial charge is 0.309 e. The number of hydrogen-bond acceptors (Lipinski definition) is 7. The first-order valence-electron chi connectivity index (χ1n) is 9.78. The van der Waals surface area contributed by atoms with E-state index >= 15 is 0 Å². The van der Waals surface area contributed by atoms with Crippen LogP contribution >= 0.6 is 0 Å². The van der Waals surface area contributed by atoms with Gasteiger partial charge in [0.25, 0.3) is 5.91 Å². The molecule has 1 N–H and O–H groups in total. The molecule has 9 heteroatoms. The summed E-state index contributed by atoms with van der Waals surface area (Å²) in [7, 11) is 0. The van der Waals surface area contributed by atoms with Crippen molar-refractivity contribution >= 4 is 17.8 Å². The Balaban J connectivity index is 1.22. The summed E-state index contributed by atoms with van der Waals surface area (Å²) in [6.07, 6.45) is 5.44. The largest absolute Gasteiger partial charge is 0.444 e. The van der Waals surface area contributed by atoms with Crippen LogP contribution in [0.4, 0.5) is 0 Å². The van der Waals surface area contributed by atoms with Gasteiger partial charge in [-0.1, -0.05) is 0 Å². The molecule has 27 heavy (non-hydrogen) atoms. The first-order chi connectivity index (χ1) is 13.1. The van der Waals surface area contributed by atoms with Gasteiger partial charge in [0.15, 0.2) is 6.73 Å². The zero-order valence-corrected chi connectivity index (χ0v) is 15.6. The van der Waals surface area contributed by atoms with E-state index in [1.54, 1.807) is 11.1 Å². The predicted molar refractivity (Wildman–Crippen MR) is 95.6 cm³/mol. The number of ether oxygens (including phenoxy) is 1. The molecule has 0 spiro atoms. The molecule has 9 nitrogen and oxygen atoms in total. The number of likely N-dealkylation sites (tertiary alicyclic amines) is 1. The molecule has 3 fully saturated rings. The van der Waals surface area contributed by atoms with Crippen molar-refractivity contribution in [2.75, 3.05) is 46.2 Å². The third kappa shape index (κ3) is 3.87. The minimum atomic E-state index is -0.317. The van der Waals surface area contributed by atoms with Crippen molar-refractivity contribution in [2.24, 2.45) is 0 Å². The summed E-state index contributed by atoms with van der Waals surface area (Å²) in [5.74, 6) is -0.129. The third-order valence-electron chi connectivity index (χ3n) is 5.70. The third-order valence-corrected chi connectivity index (χ3v) is 5.70. The number of nitrogens with one attached hydrogen (secondary N) is 1. The van der Waals surface area contributed by atoms with Crippen LogP contribution in [-0.2, 0) is 19.1 Å². The Morgan fingerprint density at radius 2 is 2.04 bits per heavy atom. The molecule has 4 aliphatic heterocycles. The average molecular weight is 377 g/mol. The molecule has 0 aromatic heterocycles. The van der Waals surface area contributed by atoms with Crippen molar-refractivity contribution in [2.45, 2.75) is 38.1 Å². The van der Waals surface area contributed by atoms with Crippen LogP contribution < -0.4 is 5.32 Å². The van der Waals surface area contributed by atoms with E-state index in [2.05, 4.69) is 5.32 Å². The average Bonchev–Trinajstić information content (AvgIpc) is 3.35. The molecule has 0 bridgehead atoms. The fourth-order valence-corrected chi connectivity index (χ4v) is 4.17. The van der Waals surface area contributed by atoms with E-state index in [-0.39, 0.29) is 30.9 Å². The second-order valence-corrected chi connectivity index (χ2v) is 7.56. The van der Waals surface area contributed by atoms with Gasteiger partial charge in [0.1, 0.15) is 5.70 Å². The van der Waals surface area contributed by atoms with Crippen molar-refractivity contribution in [1.82, 2.24) is 24.9 Å². The van der Waals surface area contributed by atoms with Crippen LogP contribution in [0.15, 0.2) is 11.9 Å². The Morgan fingerprint density at radius 3 is 2.74 bits per heavy atom. The Hall–Kier alpha value is -2.29. The van der Waals surface area contributed by atoms with Crippen LogP contribution in [0.5, 0.6) is 0 Å². The van der Waals surface area contributed by atoms with Gasteiger partial charge in [0.2, 0.25) is 5.91 Å². The SMILES string of the molecule is O=C(CCN1CCCC1=O)OCN1C=C2C(=O)N(C3CCNCC3)CN2C1. The van der Waals surface area contributed by atoms with E-state index in [1.807, 2.05) is 14.7 Å². The number of carbonyl (C=O) groups is 3. The highest BCUT2D eigenvalue weighted by atomic mass is 16.5. The topological polar surface area (TPSA) is 85.4 Å². The van der Waals surface area contributed by atoms with E-state index < -0.39 is 0 Å². The Labute approximate surface area is 158 Å². The maximum atomic E-state index is 12.7. The maximum absolute atomic E-state index is 12.7. The van der Waals surface area contributed by atoms with E-state index in [0.29, 0.717) is 38.0 Å². The molecule has 0 radical (unpaired) electrons. The zero-order valence-electron chi connectivity index (χ0n) is 15.6. The Morgan fingerprint density at radius 1 is 1.22 bits per heavy atom. The lowest BCUT2D eigenvalue weighted by molar-refractivity contribution is -0.148. The van der Waals surface area contributed by atoms with Gasteiger partial charge in [-0.05, 0) is 32.4 Å². The summed E-state index contributed by atoms with van der Waals surface area (Å²) >= 11 is 0. The van der Waals surface area contributed by atoms with Gasteiger partial charge in [-0.2, -0.15) is 0 Å². The highest BCUT2D eigenvalue weighted by Crippen LogP contribution is 2.28. The highest BCUT2D eigenvalue weighted by molar-refractivity contribution is 5.95. The number of esters is 1. The molecule has 0 saturated carbocycles. The van der Waals surface area contributed by atoms with Crippen molar-refractivity contribution in [1.29, 1.82) is 0 Å². The first-order valence-corrected chi connectivity index (χ1v) is 9.78. The molecule has 2 amide bonds. The molecule has 0 aliphatic carbocycles. The molecule has 0 unspecified atom stereocenters.